The zero-order chi connectivity index (χ0) is 10.4. The molecule has 1 unspecified atom stereocenters. The minimum Gasteiger partial charge on any atom is -0.313 e. The fourth-order valence-corrected chi connectivity index (χ4v) is 1.85. The van der Waals surface area contributed by atoms with Crippen molar-refractivity contribution < 1.29 is 0 Å². The van der Waals surface area contributed by atoms with E-state index in [-0.39, 0.29) is 0 Å². The van der Waals surface area contributed by atoms with E-state index in [1.807, 2.05) is 13.8 Å². The predicted octanol–water partition coefficient (Wildman–Crippen LogP) is 0.622. The third-order valence-electron chi connectivity index (χ3n) is 3.00. The van der Waals surface area contributed by atoms with Crippen LogP contribution in [-0.4, -0.2) is 62.2 Å². The lowest BCUT2D eigenvalue weighted by Gasteiger charge is -2.37. The first-order valence-corrected chi connectivity index (χ1v) is 5.99. The Kier molecular flexibility index (Phi) is 5.45. The van der Waals surface area contributed by atoms with Crippen LogP contribution in [0.1, 0.15) is 20.3 Å². The number of nitrogens with one attached hydrogen (secondary N) is 1. The van der Waals surface area contributed by atoms with Crippen LogP contribution in [0.3, 0.4) is 0 Å². The maximum Gasteiger partial charge on any atom is 0.0207 e. The van der Waals surface area contributed by atoms with E-state index in [1.54, 1.807) is 0 Å². The van der Waals surface area contributed by atoms with Crippen LogP contribution in [0.15, 0.2) is 0 Å². The first kappa shape index (κ1) is 12.0. The minimum atomic E-state index is 0.799. The second-order valence-electron chi connectivity index (χ2n) is 4.04. The van der Waals surface area contributed by atoms with E-state index in [0.717, 1.165) is 6.04 Å². The van der Waals surface area contributed by atoms with Gasteiger partial charge in [0, 0.05) is 38.8 Å². The van der Waals surface area contributed by atoms with E-state index < -0.39 is 0 Å². The summed E-state index contributed by atoms with van der Waals surface area (Å²) >= 11 is 0. The van der Waals surface area contributed by atoms with Crippen LogP contribution in [0.25, 0.3) is 0 Å². The highest BCUT2D eigenvalue weighted by Gasteiger charge is 2.21. The van der Waals surface area contributed by atoms with Crippen molar-refractivity contribution in [1.29, 1.82) is 0 Å². The Hall–Kier alpha value is -0.120. The minimum absolute atomic E-state index is 0.799. The Balaban J connectivity index is 0.000000461. The van der Waals surface area contributed by atoms with Gasteiger partial charge in [0.15, 0.2) is 0 Å². The van der Waals surface area contributed by atoms with Gasteiger partial charge < -0.3 is 10.2 Å². The normalized spacial score (nSPS) is 28.9. The molecule has 3 nitrogen and oxygen atoms in total. The Morgan fingerprint density at radius 1 is 1.14 bits per heavy atom. The molecule has 0 aliphatic carbocycles. The summed E-state index contributed by atoms with van der Waals surface area (Å²) in [6.07, 6.45) is 1.38. The van der Waals surface area contributed by atoms with Gasteiger partial charge in [0.25, 0.3) is 0 Å². The van der Waals surface area contributed by atoms with E-state index >= 15 is 0 Å². The highest BCUT2D eigenvalue weighted by Crippen LogP contribution is 2.06. The molecular weight excluding hydrogens is 174 g/mol. The van der Waals surface area contributed by atoms with Gasteiger partial charge in [-0.05, 0) is 20.0 Å². The van der Waals surface area contributed by atoms with Crippen LogP contribution in [0.5, 0.6) is 0 Å². The van der Waals surface area contributed by atoms with Crippen molar-refractivity contribution in [3.63, 3.8) is 0 Å². The molecule has 2 aliphatic rings. The lowest BCUT2D eigenvalue weighted by Crippen LogP contribution is -2.54. The number of rotatable bonds is 2. The summed E-state index contributed by atoms with van der Waals surface area (Å²) in [4.78, 5) is 4.99. The third kappa shape index (κ3) is 3.56. The Bertz CT molecular complexity index is 137. The lowest BCUT2D eigenvalue weighted by molar-refractivity contribution is 0.129. The number of piperazine rings is 1. The lowest BCUT2D eigenvalue weighted by atomic mass is 10.1. The van der Waals surface area contributed by atoms with Gasteiger partial charge in [-0.3, -0.25) is 4.90 Å². The molecule has 0 amide bonds. The molecule has 2 heterocycles. The van der Waals surface area contributed by atoms with E-state index in [4.69, 9.17) is 0 Å². The Morgan fingerprint density at radius 3 is 2.14 bits per heavy atom. The zero-order valence-electron chi connectivity index (χ0n) is 9.92. The molecule has 0 spiro atoms. The molecule has 0 radical (unpaired) electrons. The number of likely N-dealkylation sites (N-methyl/N-ethyl adjacent to an activating group) is 1. The standard InChI is InChI=1S/C9H19N3.C2H6/c1-11-4-6-12(7-5-11)8-9-2-3-10-9;1-2/h9-10H,2-8H2,1H3;1-2H3. The first-order chi connectivity index (χ1) is 6.84. The van der Waals surface area contributed by atoms with E-state index in [2.05, 4.69) is 22.2 Å². The topological polar surface area (TPSA) is 18.5 Å². The summed E-state index contributed by atoms with van der Waals surface area (Å²) in [6, 6.07) is 0.799. The molecule has 0 aromatic heterocycles. The maximum absolute atomic E-state index is 3.45. The molecule has 0 aromatic rings. The van der Waals surface area contributed by atoms with E-state index in [9.17, 15) is 0 Å². The fourth-order valence-electron chi connectivity index (χ4n) is 1.85. The largest absolute Gasteiger partial charge is 0.313 e. The van der Waals surface area contributed by atoms with Crippen molar-refractivity contribution in [2.45, 2.75) is 26.3 Å². The molecule has 2 rings (SSSR count). The molecule has 1 atom stereocenters. The van der Waals surface area contributed by atoms with Crippen molar-refractivity contribution in [2.24, 2.45) is 0 Å². The quantitative estimate of drug-likeness (QED) is 0.703. The molecule has 2 fully saturated rings. The first-order valence-electron chi connectivity index (χ1n) is 5.99. The Morgan fingerprint density at radius 2 is 1.71 bits per heavy atom. The second kappa shape index (κ2) is 6.38. The molecule has 1 N–H and O–H groups in total. The predicted molar refractivity (Wildman–Crippen MR) is 61.7 cm³/mol. The molecule has 0 saturated carbocycles. The molecule has 0 bridgehead atoms. The smallest absolute Gasteiger partial charge is 0.0207 e. The summed E-state index contributed by atoms with van der Waals surface area (Å²) in [7, 11) is 2.21. The van der Waals surface area contributed by atoms with E-state index in [0.29, 0.717) is 0 Å². The van der Waals surface area contributed by atoms with Gasteiger partial charge in [0.1, 0.15) is 0 Å². The van der Waals surface area contributed by atoms with Crippen molar-refractivity contribution in [2.75, 3.05) is 46.3 Å². The van der Waals surface area contributed by atoms with Gasteiger partial charge in [-0.2, -0.15) is 0 Å². The van der Waals surface area contributed by atoms with Crippen molar-refractivity contribution in [1.82, 2.24) is 15.1 Å². The van der Waals surface area contributed by atoms with Gasteiger partial charge >= 0.3 is 0 Å². The summed E-state index contributed by atoms with van der Waals surface area (Å²) in [6.45, 7) is 11.5. The van der Waals surface area contributed by atoms with Crippen molar-refractivity contribution in [3.8, 4) is 0 Å². The van der Waals surface area contributed by atoms with Gasteiger partial charge in [-0.25, -0.2) is 0 Å². The molecule has 14 heavy (non-hydrogen) atoms. The number of hydrogen-bond donors (Lipinski definition) is 1. The molecular formula is C11H25N3. The Labute approximate surface area is 88.5 Å². The SMILES string of the molecule is CC.CN1CCN(CC2CCN2)CC1. The average molecular weight is 199 g/mol. The second-order valence-corrected chi connectivity index (χ2v) is 4.04. The maximum atomic E-state index is 3.45. The molecule has 3 heteroatoms. The zero-order valence-corrected chi connectivity index (χ0v) is 9.92. The van der Waals surface area contributed by atoms with Gasteiger partial charge in [-0.1, -0.05) is 13.8 Å². The van der Waals surface area contributed by atoms with Crippen LogP contribution in [0.4, 0.5) is 0 Å². The molecule has 2 saturated heterocycles. The van der Waals surface area contributed by atoms with Gasteiger partial charge in [-0.15, -0.1) is 0 Å². The highest BCUT2D eigenvalue weighted by atomic mass is 15.3. The highest BCUT2D eigenvalue weighted by molar-refractivity contribution is 4.82. The monoisotopic (exact) mass is 199 g/mol. The average Bonchev–Trinajstić information content (AvgIpc) is 2.17. The van der Waals surface area contributed by atoms with E-state index in [1.165, 1.54) is 45.7 Å². The number of nitrogens with zero attached hydrogens (tertiary/aromatic N) is 2. The summed E-state index contributed by atoms with van der Waals surface area (Å²) in [5.41, 5.74) is 0. The molecule has 2 aliphatic heterocycles. The number of hydrogen-bond acceptors (Lipinski definition) is 3. The fraction of sp³-hybridized carbons (Fsp3) is 1.00. The molecule has 84 valence electrons. The van der Waals surface area contributed by atoms with Crippen molar-refractivity contribution >= 4 is 0 Å². The van der Waals surface area contributed by atoms with Crippen molar-refractivity contribution in [3.05, 3.63) is 0 Å². The third-order valence-corrected chi connectivity index (χ3v) is 3.00. The van der Waals surface area contributed by atoms with Gasteiger partial charge in [0.05, 0.1) is 0 Å². The van der Waals surface area contributed by atoms with Crippen LogP contribution >= 0.6 is 0 Å². The summed E-state index contributed by atoms with van der Waals surface area (Å²) in [5.74, 6) is 0. The summed E-state index contributed by atoms with van der Waals surface area (Å²) in [5, 5.41) is 3.45. The van der Waals surface area contributed by atoms with Crippen LogP contribution in [0, 0.1) is 0 Å². The van der Waals surface area contributed by atoms with Gasteiger partial charge in [0.2, 0.25) is 0 Å². The summed E-state index contributed by atoms with van der Waals surface area (Å²) < 4.78 is 0. The van der Waals surface area contributed by atoms with Crippen LogP contribution in [-0.2, 0) is 0 Å². The van der Waals surface area contributed by atoms with Crippen LogP contribution in [0.2, 0.25) is 0 Å². The molecule has 0 aromatic carbocycles. The van der Waals surface area contributed by atoms with Crippen LogP contribution < -0.4 is 5.32 Å².